The topological polar surface area (TPSA) is 79.0 Å². The van der Waals surface area contributed by atoms with Crippen molar-refractivity contribution in [3.05, 3.63) is 64.3 Å². The Morgan fingerprint density at radius 3 is 2.55 bits per heavy atom. The molecule has 0 saturated carbocycles. The minimum atomic E-state index is -2.22. The van der Waals surface area contributed by atoms with Crippen LogP contribution in [0.3, 0.4) is 0 Å². The Bertz CT molecular complexity index is 1670. The molecule has 1 atom stereocenters. The van der Waals surface area contributed by atoms with E-state index in [4.69, 9.17) is 76.0 Å². The highest BCUT2D eigenvalue weighted by molar-refractivity contribution is 6.66. The Hall–Kier alpha value is -2.98. The Morgan fingerprint density at radius 2 is 1.88 bits per heavy atom. The first-order valence-corrected chi connectivity index (χ1v) is 13.0. The lowest BCUT2D eigenvalue weighted by Gasteiger charge is -2.43. The van der Waals surface area contributed by atoms with Gasteiger partial charge in [-0.15, -0.1) is 5.11 Å². The highest BCUT2D eigenvalue weighted by atomic mass is 35.5. The number of methoxy groups -OCH3 is 1. The maximum Gasteiger partial charge on any atom is 0.170 e. The minimum Gasteiger partial charge on any atom is -0.482 e. The molecule has 0 spiro atoms. The number of halogens is 2. The zero-order chi connectivity index (χ0) is 30.8. The molecule has 1 N–H and O–H groups in total. The predicted molar refractivity (Wildman–Crippen MR) is 165 cm³/mol. The molecule has 2 bridgehead atoms. The summed E-state index contributed by atoms with van der Waals surface area (Å²) < 4.78 is 28.7. The third-order valence-electron chi connectivity index (χ3n) is 7.10. The number of nitrogens with one attached hydrogen (secondary N) is 1. The molecule has 1 aromatic carbocycles. The van der Waals surface area contributed by atoms with Gasteiger partial charge in [-0.2, -0.15) is 10.2 Å². The van der Waals surface area contributed by atoms with E-state index in [-0.39, 0.29) is 28.9 Å². The van der Waals surface area contributed by atoms with E-state index in [1.54, 1.807) is 32.3 Å². The van der Waals surface area contributed by atoms with E-state index in [9.17, 15) is 4.39 Å². The van der Waals surface area contributed by atoms with Gasteiger partial charge in [0, 0.05) is 48.8 Å². The molecule has 0 unspecified atom stereocenters. The molecule has 0 saturated heterocycles. The van der Waals surface area contributed by atoms with Crippen molar-refractivity contribution in [2.24, 2.45) is 7.05 Å². The van der Waals surface area contributed by atoms with Crippen molar-refractivity contribution in [1.82, 2.24) is 24.5 Å². The van der Waals surface area contributed by atoms with Gasteiger partial charge in [-0.25, -0.2) is 9.37 Å². The van der Waals surface area contributed by atoms with Gasteiger partial charge in [-0.1, -0.05) is 11.6 Å². The molecule has 0 fully saturated rings. The van der Waals surface area contributed by atoms with E-state index in [1.807, 2.05) is 0 Å². The Morgan fingerprint density at radius 1 is 1.17 bits per heavy atom. The van der Waals surface area contributed by atoms with Crippen LogP contribution in [-0.4, -0.2) is 93.3 Å². The number of rotatable bonds is 5. The number of nitrogens with zero attached hydrogens (tertiary/aromatic N) is 5. The molecule has 42 heavy (non-hydrogen) atoms. The van der Waals surface area contributed by atoms with Gasteiger partial charge in [0.15, 0.2) is 16.7 Å². The van der Waals surface area contributed by atoms with E-state index < -0.39 is 27.6 Å². The van der Waals surface area contributed by atoms with Gasteiger partial charge in [0.2, 0.25) is 0 Å². The summed E-state index contributed by atoms with van der Waals surface area (Å²) in [4.78, 5) is 4.52. The molecule has 3 aromatic heterocycles. The molecule has 17 heteroatoms. The molecule has 0 amide bonds. The summed E-state index contributed by atoms with van der Waals surface area (Å²) in [5, 5.41) is 5.49. The summed E-state index contributed by atoms with van der Waals surface area (Å²) in [7, 11) is 47.8. The zero-order valence-electron chi connectivity index (χ0n) is 23.1. The Kier molecular flexibility index (Phi) is 7.71. The third-order valence-corrected chi connectivity index (χ3v) is 7.36. The molecule has 8 nitrogen and oxygen atoms in total. The minimum absolute atomic E-state index is 0.0746. The zero-order valence-corrected chi connectivity index (χ0v) is 23.9. The van der Waals surface area contributed by atoms with Gasteiger partial charge < -0.3 is 14.8 Å². The van der Waals surface area contributed by atoms with Crippen molar-refractivity contribution in [2.75, 3.05) is 19.2 Å². The van der Waals surface area contributed by atoms with E-state index in [1.165, 1.54) is 30.1 Å². The average molecular weight is 566 g/mol. The second-order valence-electron chi connectivity index (χ2n) is 10.3. The summed E-state index contributed by atoms with van der Waals surface area (Å²) >= 11 is 6.74. The number of hydrogen-bond acceptors (Lipinski definition) is 6. The van der Waals surface area contributed by atoms with Crippen molar-refractivity contribution in [3.8, 4) is 28.3 Å². The Balaban J connectivity index is 1.93. The monoisotopic (exact) mass is 566 g/mol. The fourth-order valence-corrected chi connectivity index (χ4v) is 5.20. The summed E-state index contributed by atoms with van der Waals surface area (Å²) in [6, 6.07) is 5.83. The molecule has 1 aliphatic rings. The van der Waals surface area contributed by atoms with Crippen molar-refractivity contribution in [3.63, 3.8) is 0 Å². The number of aryl methyl sites for hydroxylation is 1. The summed E-state index contributed by atoms with van der Waals surface area (Å²) in [6.45, 7) is 1.86. The fraction of sp³-hybridized carbons (Fsp3) is 0.320. The Labute approximate surface area is 257 Å². The first-order chi connectivity index (χ1) is 19.6. The van der Waals surface area contributed by atoms with E-state index in [0.29, 0.717) is 33.8 Å². The van der Waals surface area contributed by atoms with Crippen LogP contribution in [0, 0.1) is 5.82 Å². The second-order valence-corrected chi connectivity index (χ2v) is 10.6. The molecule has 14 radical (unpaired) electrons. The lowest BCUT2D eigenvalue weighted by atomic mass is 9.26. The fourth-order valence-electron chi connectivity index (χ4n) is 4.88. The van der Waals surface area contributed by atoms with Crippen LogP contribution >= 0.6 is 11.6 Å². The molecule has 4 aromatic rings. The number of anilines is 1. The highest BCUT2D eigenvalue weighted by Gasteiger charge is 2.41. The standard InChI is InChI=1S/C25H19B7ClFN6O2/c1-11-15-7-13(34)4-5-14(15)19-16(9-39(2)37-19)23(26,27)18-20(40(38-21(18)33)25(31,32)24(28,29)30)12-6-17(42-11)22(35-8-12)36-10-41-3/h4-9,11H,10H2,1-3H3,(H,35,36)/t11-/m1/s1. The van der Waals surface area contributed by atoms with Crippen LogP contribution in [0.25, 0.3) is 22.5 Å². The number of hydrogen-bond donors (Lipinski definition) is 1. The first kappa shape index (κ1) is 30.5. The largest absolute Gasteiger partial charge is 0.482 e. The van der Waals surface area contributed by atoms with Gasteiger partial charge in [-0.3, -0.25) is 9.36 Å². The number of ether oxygens (including phenoxy) is 2. The van der Waals surface area contributed by atoms with Gasteiger partial charge in [-0.05, 0) is 47.3 Å². The maximum atomic E-state index is 14.6. The number of benzene rings is 1. The van der Waals surface area contributed by atoms with Crippen LogP contribution in [0.4, 0.5) is 10.2 Å². The quantitative estimate of drug-likeness (QED) is 0.293. The summed E-state index contributed by atoms with van der Waals surface area (Å²) in [5.41, 5.74) is 2.14. The molecular weight excluding hydrogens is 546 g/mol. The number of fused-ring (bicyclic) bond motifs is 7. The van der Waals surface area contributed by atoms with Crippen molar-refractivity contribution in [2.45, 2.75) is 28.7 Å². The predicted octanol–water partition coefficient (Wildman–Crippen LogP) is 1.67. The van der Waals surface area contributed by atoms with Crippen LogP contribution in [-0.2, 0) is 22.3 Å². The van der Waals surface area contributed by atoms with Crippen LogP contribution in [0.2, 0.25) is 10.3 Å². The SMILES string of the molecule is [B]C1([B])c2cn(C)nc2-c2ccc(F)cc2[C@@H](C)Oc2cc(cnc2NCOC)-c2c1c(Cl)nn2C([B])([B])C([B])([B])[B]. The van der Waals surface area contributed by atoms with E-state index in [0.717, 1.165) is 4.68 Å². The maximum absolute atomic E-state index is 14.6. The molecule has 0 aliphatic carbocycles. The van der Waals surface area contributed by atoms with Gasteiger partial charge in [0.1, 0.15) is 18.7 Å². The van der Waals surface area contributed by atoms with Gasteiger partial charge in [0.25, 0.3) is 0 Å². The van der Waals surface area contributed by atoms with Crippen LogP contribution < -0.4 is 10.1 Å². The van der Waals surface area contributed by atoms with Crippen molar-refractivity contribution in [1.29, 1.82) is 0 Å². The lowest BCUT2D eigenvalue weighted by molar-refractivity contribution is 0.214. The first-order valence-electron chi connectivity index (χ1n) is 12.6. The van der Waals surface area contributed by atoms with Crippen LogP contribution in [0.1, 0.15) is 29.7 Å². The number of pyridine rings is 1. The molecule has 4 heterocycles. The third kappa shape index (κ3) is 5.00. The number of aromatic nitrogens is 5. The molecular formula is C25H19B7ClFN6O2. The smallest absolute Gasteiger partial charge is 0.170 e. The molecule has 196 valence electrons. The second kappa shape index (κ2) is 10.6. The molecule has 5 rings (SSSR count). The summed E-state index contributed by atoms with van der Waals surface area (Å²) in [6.07, 6.45) is 2.36. The van der Waals surface area contributed by atoms with E-state index in [2.05, 4.69) is 20.5 Å². The average Bonchev–Trinajstić information content (AvgIpc) is 3.47. The van der Waals surface area contributed by atoms with Gasteiger partial charge in [0.05, 0.1) is 66.3 Å². The lowest BCUT2D eigenvalue weighted by Crippen LogP contribution is -2.49. The highest BCUT2D eigenvalue weighted by Crippen LogP contribution is 2.47. The van der Waals surface area contributed by atoms with Crippen LogP contribution in [0.15, 0.2) is 36.7 Å². The normalized spacial score (nSPS) is 16.3. The van der Waals surface area contributed by atoms with Crippen molar-refractivity contribution >= 4 is 72.3 Å². The van der Waals surface area contributed by atoms with Crippen molar-refractivity contribution < 1.29 is 13.9 Å². The van der Waals surface area contributed by atoms with Crippen LogP contribution in [0.5, 0.6) is 5.75 Å². The molecule has 1 aliphatic heterocycles. The summed E-state index contributed by atoms with van der Waals surface area (Å²) in [5.74, 6) is 0.0690. The van der Waals surface area contributed by atoms with E-state index >= 15 is 0 Å². The van der Waals surface area contributed by atoms with Gasteiger partial charge >= 0.3 is 0 Å².